The maximum atomic E-state index is 12.8. The van der Waals surface area contributed by atoms with Gasteiger partial charge in [-0.3, -0.25) is 19.3 Å². The van der Waals surface area contributed by atoms with Gasteiger partial charge >= 0.3 is 5.97 Å². The first-order valence-electron chi connectivity index (χ1n) is 11.1. The summed E-state index contributed by atoms with van der Waals surface area (Å²) in [5.74, 6) is -1.43. The first-order valence-corrected chi connectivity index (χ1v) is 13.1. The second-order valence-electron chi connectivity index (χ2n) is 7.80. The van der Waals surface area contributed by atoms with Crippen LogP contribution in [0.4, 0.5) is 10.5 Å². The number of carbonyl (C=O) groups is 4. The Balaban J connectivity index is 1.39. The van der Waals surface area contributed by atoms with E-state index in [-0.39, 0.29) is 27.8 Å². The Morgan fingerprint density at radius 1 is 1.14 bits per heavy atom. The SMILES string of the molecule is CCOC(=O)c1cc(NC(=O)CN2C(=O)S/C(=C\c3ccc(Sc4ccc(C)cc4)o3)C2=O)ccc1Cl. The molecule has 190 valence electrons. The number of ether oxygens (including phenoxy) is 1. The summed E-state index contributed by atoms with van der Waals surface area (Å²) in [6.45, 7) is 3.35. The minimum absolute atomic E-state index is 0.0915. The molecule has 0 aliphatic carbocycles. The second-order valence-corrected chi connectivity index (χ2v) is 10.3. The van der Waals surface area contributed by atoms with Gasteiger partial charge in [0.1, 0.15) is 12.3 Å². The van der Waals surface area contributed by atoms with Crippen molar-refractivity contribution in [2.75, 3.05) is 18.5 Å². The molecule has 0 spiro atoms. The zero-order valence-electron chi connectivity index (χ0n) is 19.8. The molecule has 2 heterocycles. The molecule has 1 fully saturated rings. The van der Waals surface area contributed by atoms with Crippen LogP contribution in [-0.4, -0.2) is 41.1 Å². The standard InChI is InChI=1S/C26H21ClN2O6S2/c1-3-34-25(32)19-12-16(6-10-20(19)27)28-22(30)14-29-24(31)21(37-26(29)33)13-17-7-11-23(35-17)36-18-8-4-15(2)5-9-18/h4-13H,3,14H2,1-2H3,(H,28,30)/b21-13-. The van der Waals surface area contributed by atoms with Crippen LogP contribution in [0.5, 0.6) is 0 Å². The molecule has 4 rings (SSSR count). The van der Waals surface area contributed by atoms with Crippen LogP contribution in [0.25, 0.3) is 6.08 Å². The largest absolute Gasteiger partial charge is 0.462 e. The van der Waals surface area contributed by atoms with Crippen LogP contribution in [0.1, 0.15) is 28.6 Å². The van der Waals surface area contributed by atoms with Crippen molar-refractivity contribution in [2.24, 2.45) is 0 Å². The Morgan fingerprint density at radius 3 is 2.62 bits per heavy atom. The lowest BCUT2D eigenvalue weighted by Crippen LogP contribution is -2.36. The highest BCUT2D eigenvalue weighted by molar-refractivity contribution is 8.18. The third kappa shape index (κ3) is 6.65. The number of carbonyl (C=O) groups excluding carboxylic acids is 4. The number of hydrogen-bond acceptors (Lipinski definition) is 8. The third-order valence-electron chi connectivity index (χ3n) is 5.04. The Bertz CT molecular complexity index is 1400. The number of anilines is 1. The molecule has 0 unspecified atom stereocenters. The van der Waals surface area contributed by atoms with Crippen molar-refractivity contribution >= 4 is 69.9 Å². The summed E-state index contributed by atoms with van der Waals surface area (Å²) in [7, 11) is 0. The van der Waals surface area contributed by atoms with Crippen LogP contribution in [0, 0.1) is 6.92 Å². The fraction of sp³-hybridized carbons (Fsp3) is 0.154. The van der Waals surface area contributed by atoms with Gasteiger partial charge in [-0.05, 0) is 68.1 Å². The van der Waals surface area contributed by atoms with Crippen molar-refractivity contribution in [1.29, 1.82) is 0 Å². The zero-order chi connectivity index (χ0) is 26.5. The summed E-state index contributed by atoms with van der Waals surface area (Å²) in [6, 6.07) is 15.8. The van der Waals surface area contributed by atoms with E-state index in [1.165, 1.54) is 36.0 Å². The molecule has 3 amide bonds. The number of nitrogens with zero attached hydrogens (tertiary/aromatic N) is 1. The molecule has 11 heteroatoms. The van der Waals surface area contributed by atoms with Gasteiger partial charge in [0.2, 0.25) is 5.91 Å². The summed E-state index contributed by atoms with van der Waals surface area (Å²) in [6.07, 6.45) is 1.48. The lowest BCUT2D eigenvalue weighted by atomic mass is 10.2. The van der Waals surface area contributed by atoms with E-state index in [4.69, 9.17) is 20.8 Å². The van der Waals surface area contributed by atoms with Gasteiger partial charge in [0.25, 0.3) is 11.1 Å². The lowest BCUT2D eigenvalue weighted by molar-refractivity contribution is -0.127. The van der Waals surface area contributed by atoms with E-state index in [1.54, 1.807) is 19.1 Å². The van der Waals surface area contributed by atoms with Crippen molar-refractivity contribution in [3.63, 3.8) is 0 Å². The number of furan rings is 1. The molecule has 2 aromatic carbocycles. The molecular weight excluding hydrogens is 536 g/mol. The van der Waals surface area contributed by atoms with E-state index in [0.29, 0.717) is 10.9 Å². The Kier molecular flexibility index (Phi) is 8.42. The first-order chi connectivity index (χ1) is 17.7. The number of benzene rings is 2. The summed E-state index contributed by atoms with van der Waals surface area (Å²) in [5, 5.41) is 2.80. The number of imide groups is 1. The van der Waals surface area contributed by atoms with E-state index in [2.05, 4.69) is 5.32 Å². The molecule has 1 saturated heterocycles. The van der Waals surface area contributed by atoms with E-state index in [0.717, 1.165) is 27.1 Å². The summed E-state index contributed by atoms with van der Waals surface area (Å²) in [4.78, 5) is 51.8. The average molecular weight is 557 g/mol. The lowest BCUT2D eigenvalue weighted by Gasteiger charge is -2.13. The van der Waals surface area contributed by atoms with Gasteiger partial charge in [0.05, 0.1) is 22.1 Å². The highest BCUT2D eigenvalue weighted by Gasteiger charge is 2.36. The molecule has 3 aromatic rings. The van der Waals surface area contributed by atoms with E-state index >= 15 is 0 Å². The van der Waals surface area contributed by atoms with E-state index < -0.39 is 29.6 Å². The highest BCUT2D eigenvalue weighted by atomic mass is 35.5. The molecule has 37 heavy (non-hydrogen) atoms. The predicted molar refractivity (Wildman–Crippen MR) is 143 cm³/mol. The maximum absolute atomic E-state index is 12.8. The molecule has 0 bridgehead atoms. The topological polar surface area (TPSA) is 106 Å². The number of thioether (sulfide) groups is 1. The molecule has 0 saturated carbocycles. The number of esters is 1. The minimum atomic E-state index is -0.627. The van der Waals surface area contributed by atoms with Gasteiger partial charge in [-0.15, -0.1) is 0 Å². The molecule has 1 aliphatic heterocycles. The minimum Gasteiger partial charge on any atom is -0.462 e. The van der Waals surface area contributed by atoms with Crippen LogP contribution >= 0.6 is 35.1 Å². The summed E-state index contributed by atoms with van der Waals surface area (Å²) in [5.41, 5.74) is 1.52. The number of nitrogens with one attached hydrogen (secondary N) is 1. The number of aryl methyl sites for hydroxylation is 1. The van der Waals surface area contributed by atoms with Gasteiger partial charge in [0.15, 0.2) is 5.09 Å². The molecule has 0 radical (unpaired) electrons. The van der Waals surface area contributed by atoms with Gasteiger partial charge in [-0.1, -0.05) is 41.1 Å². The third-order valence-corrected chi connectivity index (χ3v) is 7.20. The smallest absolute Gasteiger partial charge is 0.339 e. The highest BCUT2D eigenvalue weighted by Crippen LogP contribution is 2.34. The quantitative estimate of drug-likeness (QED) is 0.256. The normalized spacial score (nSPS) is 14.4. The van der Waals surface area contributed by atoms with Crippen LogP contribution in [0.3, 0.4) is 0 Å². The van der Waals surface area contributed by atoms with Crippen LogP contribution in [0.15, 0.2) is 73.9 Å². The van der Waals surface area contributed by atoms with Crippen molar-refractivity contribution < 1.29 is 28.3 Å². The average Bonchev–Trinajstić information content (AvgIpc) is 3.41. The Hall–Kier alpha value is -3.47. The van der Waals surface area contributed by atoms with E-state index in [1.807, 2.05) is 31.2 Å². The number of halogens is 1. The second kappa shape index (κ2) is 11.7. The molecular formula is C26H21ClN2O6S2. The van der Waals surface area contributed by atoms with Crippen molar-refractivity contribution in [3.05, 3.63) is 81.4 Å². The first kappa shape index (κ1) is 26.6. The number of rotatable bonds is 8. The predicted octanol–water partition coefficient (Wildman–Crippen LogP) is 6.24. The monoisotopic (exact) mass is 556 g/mol. The molecule has 0 atom stereocenters. The van der Waals surface area contributed by atoms with Crippen molar-refractivity contribution in [1.82, 2.24) is 4.90 Å². The van der Waals surface area contributed by atoms with Crippen LogP contribution < -0.4 is 5.32 Å². The number of amides is 3. The molecule has 1 N–H and O–H groups in total. The zero-order valence-corrected chi connectivity index (χ0v) is 22.2. The van der Waals surface area contributed by atoms with Crippen LogP contribution in [0.2, 0.25) is 5.02 Å². The fourth-order valence-electron chi connectivity index (χ4n) is 3.27. The van der Waals surface area contributed by atoms with Gasteiger partial charge in [-0.25, -0.2) is 4.79 Å². The Labute approximate surface area is 226 Å². The van der Waals surface area contributed by atoms with E-state index in [9.17, 15) is 19.2 Å². The van der Waals surface area contributed by atoms with Crippen molar-refractivity contribution in [3.8, 4) is 0 Å². The molecule has 1 aliphatic rings. The van der Waals surface area contributed by atoms with Crippen molar-refractivity contribution in [2.45, 2.75) is 23.8 Å². The maximum Gasteiger partial charge on any atom is 0.339 e. The Morgan fingerprint density at radius 2 is 1.89 bits per heavy atom. The van der Waals surface area contributed by atoms with Gasteiger partial charge in [-0.2, -0.15) is 0 Å². The fourth-order valence-corrected chi connectivity index (χ4v) is 5.06. The van der Waals surface area contributed by atoms with Gasteiger partial charge in [0, 0.05) is 16.7 Å². The summed E-state index contributed by atoms with van der Waals surface area (Å²) >= 11 is 8.20. The van der Waals surface area contributed by atoms with Gasteiger partial charge < -0.3 is 14.5 Å². The number of hydrogen-bond donors (Lipinski definition) is 1. The van der Waals surface area contributed by atoms with Crippen LogP contribution in [-0.2, 0) is 14.3 Å². The molecule has 1 aromatic heterocycles. The summed E-state index contributed by atoms with van der Waals surface area (Å²) < 4.78 is 10.7. The molecule has 8 nitrogen and oxygen atoms in total.